The zero-order valence-electron chi connectivity index (χ0n) is 10.3. The Morgan fingerprint density at radius 1 is 1.41 bits per heavy atom. The van der Waals surface area contributed by atoms with Crippen molar-refractivity contribution in [2.45, 2.75) is 57.2 Å². The van der Waals surface area contributed by atoms with Crippen molar-refractivity contribution in [3.63, 3.8) is 0 Å². The van der Waals surface area contributed by atoms with Crippen LogP contribution < -0.4 is 0 Å². The molecule has 0 radical (unpaired) electrons. The number of amides is 1. The summed E-state index contributed by atoms with van der Waals surface area (Å²) in [7, 11) is 0. The van der Waals surface area contributed by atoms with E-state index in [0.29, 0.717) is 19.4 Å². The Kier molecular flexibility index (Phi) is 3.12. The lowest BCUT2D eigenvalue weighted by atomic mass is 9.72. The largest absolute Gasteiger partial charge is 0.479 e. The first-order chi connectivity index (χ1) is 8.01. The van der Waals surface area contributed by atoms with Crippen molar-refractivity contribution >= 4 is 11.9 Å². The molecular formula is C12H19NO4. The second-order valence-corrected chi connectivity index (χ2v) is 4.94. The van der Waals surface area contributed by atoms with E-state index in [2.05, 4.69) is 0 Å². The summed E-state index contributed by atoms with van der Waals surface area (Å²) in [6, 6.07) is 0.131. The molecule has 1 N–H and O–H groups in total. The third-order valence-electron chi connectivity index (χ3n) is 3.64. The Morgan fingerprint density at radius 3 is 2.35 bits per heavy atom. The van der Waals surface area contributed by atoms with Crippen LogP contribution in [0.2, 0.25) is 0 Å². The first-order valence-corrected chi connectivity index (χ1v) is 6.16. The van der Waals surface area contributed by atoms with Gasteiger partial charge in [-0.2, -0.15) is 0 Å². The van der Waals surface area contributed by atoms with Gasteiger partial charge in [0.25, 0.3) is 0 Å². The summed E-state index contributed by atoms with van der Waals surface area (Å²) < 4.78 is 5.41. The summed E-state index contributed by atoms with van der Waals surface area (Å²) in [6.45, 7) is 3.94. The van der Waals surface area contributed by atoms with Gasteiger partial charge in [0.15, 0.2) is 0 Å². The lowest BCUT2D eigenvalue weighted by Gasteiger charge is -2.50. The molecule has 0 spiro atoms. The highest BCUT2D eigenvalue weighted by molar-refractivity contribution is 5.87. The minimum Gasteiger partial charge on any atom is -0.479 e. The first kappa shape index (κ1) is 12.4. The second kappa shape index (κ2) is 4.29. The third-order valence-corrected chi connectivity index (χ3v) is 3.64. The summed E-state index contributed by atoms with van der Waals surface area (Å²) in [5.74, 6) is -1.03. The van der Waals surface area contributed by atoms with Crippen LogP contribution in [0.5, 0.6) is 0 Å². The summed E-state index contributed by atoms with van der Waals surface area (Å²) in [5.41, 5.74) is -1.01. The fourth-order valence-corrected chi connectivity index (χ4v) is 2.76. The minimum absolute atomic E-state index is 0.0169. The molecule has 0 heterocycles. The van der Waals surface area contributed by atoms with E-state index >= 15 is 0 Å². The van der Waals surface area contributed by atoms with Gasteiger partial charge in [-0.25, -0.2) is 4.79 Å². The maximum atomic E-state index is 11.7. The Hall–Kier alpha value is -1.10. The van der Waals surface area contributed by atoms with Gasteiger partial charge in [-0.15, -0.1) is 0 Å². The molecular weight excluding hydrogens is 222 g/mol. The number of carbonyl (C=O) groups excluding carboxylic acids is 1. The van der Waals surface area contributed by atoms with Gasteiger partial charge in [0, 0.05) is 32.4 Å². The van der Waals surface area contributed by atoms with Crippen molar-refractivity contribution in [3.8, 4) is 0 Å². The summed E-state index contributed by atoms with van der Waals surface area (Å²) in [5, 5.41) is 9.42. The minimum atomic E-state index is -1.01. The lowest BCUT2D eigenvalue weighted by molar-refractivity contribution is -0.179. The van der Waals surface area contributed by atoms with Crippen LogP contribution in [0, 0.1) is 0 Å². The Bertz CT molecular complexity index is 331. The van der Waals surface area contributed by atoms with Crippen molar-refractivity contribution < 1.29 is 19.4 Å². The van der Waals surface area contributed by atoms with Crippen LogP contribution >= 0.6 is 0 Å². The average Bonchev–Trinajstić information content (AvgIpc) is 2.96. The number of ether oxygens (including phenoxy) is 1. The lowest BCUT2D eigenvalue weighted by Crippen LogP contribution is -2.66. The van der Waals surface area contributed by atoms with Crippen LogP contribution in [0.3, 0.4) is 0 Å². The number of nitrogens with zero attached hydrogens (tertiary/aromatic N) is 1. The topological polar surface area (TPSA) is 66.8 Å². The molecule has 0 aromatic heterocycles. The molecule has 0 atom stereocenters. The zero-order chi connectivity index (χ0) is 12.6. The van der Waals surface area contributed by atoms with Crippen LogP contribution in [0.15, 0.2) is 0 Å². The number of aliphatic carboxylic acids is 1. The number of rotatable bonds is 5. The summed E-state index contributed by atoms with van der Waals surface area (Å²) in [4.78, 5) is 24.7. The van der Waals surface area contributed by atoms with E-state index in [9.17, 15) is 14.7 Å². The maximum absolute atomic E-state index is 11.7. The van der Waals surface area contributed by atoms with E-state index in [1.165, 1.54) is 6.92 Å². The zero-order valence-corrected chi connectivity index (χ0v) is 10.3. The average molecular weight is 241 g/mol. The number of carboxylic acid groups (broad SMARTS) is 1. The number of carbonyl (C=O) groups is 2. The van der Waals surface area contributed by atoms with Gasteiger partial charge in [0.1, 0.15) is 5.54 Å². The second-order valence-electron chi connectivity index (χ2n) is 4.94. The van der Waals surface area contributed by atoms with Crippen molar-refractivity contribution in [2.24, 2.45) is 0 Å². The number of hydrogen-bond acceptors (Lipinski definition) is 3. The smallest absolute Gasteiger partial charge is 0.329 e. The van der Waals surface area contributed by atoms with Gasteiger partial charge < -0.3 is 14.7 Å². The Labute approximate surface area is 101 Å². The predicted molar refractivity (Wildman–Crippen MR) is 60.6 cm³/mol. The van der Waals surface area contributed by atoms with E-state index in [-0.39, 0.29) is 18.1 Å². The van der Waals surface area contributed by atoms with E-state index in [4.69, 9.17) is 4.74 Å². The molecule has 0 aromatic carbocycles. The van der Waals surface area contributed by atoms with Crippen LogP contribution in [0.4, 0.5) is 0 Å². The van der Waals surface area contributed by atoms with Crippen molar-refractivity contribution in [3.05, 3.63) is 0 Å². The molecule has 96 valence electrons. The monoisotopic (exact) mass is 241 g/mol. The molecule has 17 heavy (non-hydrogen) atoms. The van der Waals surface area contributed by atoms with Crippen molar-refractivity contribution in [1.29, 1.82) is 0 Å². The molecule has 0 aliphatic heterocycles. The summed E-state index contributed by atoms with van der Waals surface area (Å²) in [6.07, 6.45) is 2.68. The Morgan fingerprint density at radius 2 is 2.00 bits per heavy atom. The molecule has 2 rings (SSSR count). The van der Waals surface area contributed by atoms with Gasteiger partial charge in [-0.3, -0.25) is 4.79 Å². The standard InChI is InChI=1S/C12H19NO4/c1-3-17-10-6-12(7-10,11(15)16)13(8(2)14)9-4-5-9/h9-10H,3-7H2,1-2H3,(H,15,16). The number of carboxylic acids is 1. The normalized spacial score (nSPS) is 31.8. The van der Waals surface area contributed by atoms with Gasteiger partial charge in [0.2, 0.25) is 5.91 Å². The summed E-state index contributed by atoms with van der Waals surface area (Å²) >= 11 is 0. The van der Waals surface area contributed by atoms with E-state index < -0.39 is 11.5 Å². The Balaban J connectivity index is 2.12. The third kappa shape index (κ3) is 2.04. The van der Waals surface area contributed by atoms with Gasteiger partial charge in [0.05, 0.1) is 6.10 Å². The molecule has 2 fully saturated rings. The highest BCUT2D eigenvalue weighted by atomic mass is 16.5. The number of hydrogen-bond donors (Lipinski definition) is 1. The van der Waals surface area contributed by atoms with E-state index in [1.807, 2.05) is 6.92 Å². The fraction of sp³-hybridized carbons (Fsp3) is 0.833. The molecule has 5 heteroatoms. The van der Waals surface area contributed by atoms with Crippen molar-refractivity contribution in [1.82, 2.24) is 4.90 Å². The highest BCUT2D eigenvalue weighted by Gasteiger charge is 2.59. The van der Waals surface area contributed by atoms with Crippen LogP contribution in [-0.4, -0.2) is 46.2 Å². The van der Waals surface area contributed by atoms with Crippen LogP contribution in [0.25, 0.3) is 0 Å². The first-order valence-electron chi connectivity index (χ1n) is 6.16. The van der Waals surface area contributed by atoms with E-state index in [0.717, 1.165) is 12.8 Å². The predicted octanol–water partition coefficient (Wildman–Crippen LogP) is 1.02. The SMILES string of the molecule is CCOC1CC(C(=O)O)(N(C(C)=O)C2CC2)C1. The molecule has 0 saturated heterocycles. The fourth-order valence-electron chi connectivity index (χ4n) is 2.76. The highest BCUT2D eigenvalue weighted by Crippen LogP contribution is 2.45. The molecule has 2 aliphatic rings. The van der Waals surface area contributed by atoms with Gasteiger partial charge in [-0.05, 0) is 19.8 Å². The maximum Gasteiger partial charge on any atom is 0.329 e. The van der Waals surface area contributed by atoms with Crippen molar-refractivity contribution in [2.75, 3.05) is 6.61 Å². The van der Waals surface area contributed by atoms with Gasteiger partial charge >= 0.3 is 5.97 Å². The molecule has 2 aliphatic carbocycles. The molecule has 0 unspecified atom stereocenters. The van der Waals surface area contributed by atoms with Crippen LogP contribution in [0.1, 0.15) is 39.5 Å². The molecule has 1 amide bonds. The molecule has 2 saturated carbocycles. The quantitative estimate of drug-likeness (QED) is 0.780. The molecule has 0 aromatic rings. The van der Waals surface area contributed by atoms with E-state index in [1.54, 1.807) is 4.90 Å². The molecule has 0 bridgehead atoms. The van der Waals surface area contributed by atoms with Crippen LogP contribution in [-0.2, 0) is 14.3 Å². The molecule has 5 nitrogen and oxygen atoms in total. The van der Waals surface area contributed by atoms with Gasteiger partial charge in [-0.1, -0.05) is 0 Å².